The SMILES string of the molecule is COCCCNC(=O)c1cc(F)ccc1C#CCO. The largest absolute Gasteiger partial charge is 0.385 e. The number of aliphatic hydroxyl groups is 1. The van der Waals surface area contributed by atoms with Crippen molar-refractivity contribution in [2.75, 3.05) is 26.9 Å². The lowest BCUT2D eigenvalue weighted by molar-refractivity contribution is 0.0948. The van der Waals surface area contributed by atoms with Gasteiger partial charge in [0.05, 0.1) is 5.56 Å². The number of hydrogen-bond acceptors (Lipinski definition) is 3. The summed E-state index contributed by atoms with van der Waals surface area (Å²) in [6.07, 6.45) is 0.676. The summed E-state index contributed by atoms with van der Waals surface area (Å²) < 4.78 is 18.0. The van der Waals surface area contributed by atoms with Crippen LogP contribution >= 0.6 is 0 Å². The number of halogens is 1. The zero-order chi connectivity index (χ0) is 14.1. The van der Waals surface area contributed by atoms with Gasteiger partial charge in [-0.15, -0.1) is 0 Å². The van der Waals surface area contributed by atoms with E-state index in [0.717, 1.165) is 6.07 Å². The highest BCUT2D eigenvalue weighted by molar-refractivity contribution is 5.96. The first-order valence-electron chi connectivity index (χ1n) is 5.85. The number of hydrogen-bond donors (Lipinski definition) is 2. The highest BCUT2D eigenvalue weighted by Gasteiger charge is 2.10. The number of rotatable bonds is 5. The molecule has 0 unspecified atom stereocenters. The standard InChI is InChI=1S/C14H16FNO3/c1-19-9-3-7-16-14(18)13-10-12(15)6-5-11(13)4-2-8-17/h5-6,10,17H,3,7-9H2,1H3,(H,16,18). The van der Waals surface area contributed by atoms with Crippen molar-refractivity contribution in [3.8, 4) is 11.8 Å². The van der Waals surface area contributed by atoms with E-state index in [1.54, 1.807) is 7.11 Å². The van der Waals surface area contributed by atoms with E-state index in [1.807, 2.05) is 0 Å². The number of nitrogens with one attached hydrogen (secondary N) is 1. The number of benzene rings is 1. The van der Waals surface area contributed by atoms with Crippen LogP contribution in [-0.4, -0.2) is 37.9 Å². The molecule has 19 heavy (non-hydrogen) atoms. The number of aliphatic hydroxyl groups excluding tert-OH is 1. The molecule has 0 saturated heterocycles. The number of carbonyl (C=O) groups is 1. The second-order valence-corrected chi connectivity index (χ2v) is 3.75. The van der Waals surface area contributed by atoms with Crippen LogP contribution in [0.3, 0.4) is 0 Å². The molecule has 0 aliphatic heterocycles. The predicted molar refractivity (Wildman–Crippen MR) is 69.2 cm³/mol. The first-order valence-corrected chi connectivity index (χ1v) is 5.85. The zero-order valence-corrected chi connectivity index (χ0v) is 10.7. The number of methoxy groups -OCH3 is 1. The molecule has 0 fully saturated rings. The Bertz CT molecular complexity index is 491. The molecule has 5 heteroatoms. The zero-order valence-electron chi connectivity index (χ0n) is 10.7. The van der Waals surface area contributed by atoms with Crippen molar-refractivity contribution >= 4 is 5.91 Å². The van der Waals surface area contributed by atoms with E-state index in [4.69, 9.17) is 9.84 Å². The highest BCUT2D eigenvalue weighted by Crippen LogP contribution is 2.10. The summed E-state index contributed by atoms with van der Waals surface area (Å²) in [6, 6.07) is 3.78. The third kappa shape index (κ3) is 5.08. The van der Waals surface area contributed by atoms with Crippen LogP contribution in [0.5, 0.6) is 0 Å². The van der Waals surface area contributed by atoms with E-state index in [2.05, 4.69) is 17.2 Å². The molecule has 0 saturated carbocycles. The van der Waals surface area contributed by atoms with Gasteiger partial charge in [0.1, 0.15) is 12.4 Å². The van der Waals surface area contributed by atoms with Crippen molar-refractivity contribution in [1.29, 1.82) is 0 Å². The molecule has 1 rings (SSSR count). The molecule has 4 nitrogen and oxygen atoms in total. The molecule has 2 N–H and O–H groups in total. The first kappa shape index (κ1) is 15.2. The summed E-state index contributed by atoms with van der Waals surface area (Å²) in [7, 11) is 1.58. The smallest absolute Gasteiger partial charge is 0.252 e. The quantitative estimate of drug-likeness (QED) is 0.615. The van der Waals surface area contributed by atoms with Crippen LogP contribution in [0.1, 0.15) is 22.3 Å². The molecule has 1 aromatic rings. The molecule has 0 aliphatic carbocycles. The summed E-state index contributed by atoms with van der Waals surface area (Å²) in [5.41, 5.74) is 0.554. The second kappa shape index (κ2) is 8.25. The van der Waals surface area contributed by atoms with E-state index in [1.165, 1.54) is 12.1 Å². The summed E-state index contributed by atoms with van der Waals surface area (Å²) in [5.74, 6) is 4.17. The van der Waals surface area contributed by atoms with Gasteiger partial charge in [-0.3, -0.25) is 4.79 Å². The molecule has 0 aromatic heterocycles. The van der Waals surface area contributed by atoms with Gasteiger partial charge in [0.15, 0.2) is 0 Å². The minimum absolute atomic E-state index is 0.165. The Morgan fingerprint density at radius 2 is 2.32 bits per heavy atom. The maximum Gasteiger partial charge on any atom is 0.252 e. The average Bonchev–Trinajstić information content (AvgIpc) is 2.42. The molecule has 0 radical (unpaired) electrons. The Kier molecular flexibility index (Phi) is 6.58. The van der Waals surface area contributed by atoms with Crippen LogP contribution in [0, 0.1) is 17.7 Å². The molecular formula is C14H16FNO3. The lowest BCUT2D eigenvalue weighted by atomic mass is 10.1. The fraction of sp³-hybridized carbons (Fsp3) is 0.357. The van der Waals surface area contributed by atoms with Crippen molar-refractivity contribution in [3.05, 3.63) is 35.1 Å². The Balaban J connectivity index is 2.79. The number of carbonyl (C=O) groups excluding carboxylic acids is 1. The van der Waals surface area contributed by atoms with Crippen LogP contribution in [0.25, 0.3) is 0 Å². The van der Waals surface area contributed by atoms with Crippen LogP contribution in [0.15, 0.2) is 18.2 Å². The maximum absolute atomic E-state index is 13.2. The predicted octanol–water partition coefficient (Wildman–Crippen LogP) is 0.936. The fourth-order valence-corrected chi connectivity index (χ4v) is 1.46. The molecule has 0 atom stereocenters. The number of ether oxygens (including phenoxy) is 1. The summed E-state index contributed by atoms with van der Waals surface area (Å²) in [6.45, 7) is 0.670. The second-order valence-electron chi connectivity index (χ2n) is 3.75. The lowest BCUT2D eigenvalue weighted by Crippen LogP contribution is -2.26. The van der Waals surface area contributed by atoms with Crippen molar-refractivity contribution < 1.29 is 19.0 Å². The monoisotopic (exact) mass is 265 g/mol. The van der Waals surface area contributed by atoms with Gasteiger partial charge in [-0.1, -0.05) is 11.8 Å². The molecular weight excluding hydrogens is 249 g/mol. The number of amides is 1. The van der Waals surface area contributed by atoms with Crippen molar-refractivity contribution in [2.24, 2.45) is 0 Å². The van der Waals surface area contributed by atoms with E-state index in [9.17, 15) is 9.18 Å². The summed E-state index contributed by atoms with van der Waals surface area (Å²) in [5, 5.41) is 11.3. The first-order chi connectivity index (χ1) is 9.19. The fourth-order valence-electron chi connectivity index (χ4n) is 1.46. The summed E-state index contributed by atoms with van der Waals surface area (Å²) in [4.78, 5) is 11.9. The molecule has 0 spiro atoms. The van der Waals surface area contributed by atoms with Gasteiger partial charge in [0, 0.05) is 25.8 Å². The van der Waals surface area contributed by atoms with E-state index < -0.39 is 11.7 Å². The van der Waals surface area contributed by atoms with Gasteiger partial charge in [0.2, 0.25) is 0 Å². The van der Waals surface area contributed by atoms with Gasteiger partial charge in [0.25, 0.3) is 5.91 Å². The molecule has 0 heterocycles. The summed E-state index contributed by atoms with van der Waals surface area (Å²) >= 11 is 0. The molecule has 0 bridgehead atoms. The van der Waals surface area contributed by atoms with E-state index >= 15 is 0 Å². The van der Waals surface area contributed by atoms with Gasteiger partial charge < -0.3 is 15.2 Å². The average molecular weight is 265 g/mol. The molecule has 102 valence electrons. The minimum atomic E-state index is -0.503. The van der Waals surface area contributed by atoms with Crippen molar-refractivity contribution in [3.63, 3.8) is 0 Å². The third-order valence-electron chi connectivity index (χ3n) is 2.34. The van der Waals surface area contributed by atoms with Crippen LogP contribution in [-0.2, 0) is 4.74 Å². The van der Waals surface area contributed by atoms with Gasteiger partial charge in [-0.05, 0) is 24.6 Å². The third-order valence-corrected chi connectivity index (χ3v) is 2.34. The Hall–Kier alpha value is -1.90. The Morgan fingerprint density at radius 3 is 3.00 bits per heavy atom. The van der Waals surface area contributed by atoms with Crippen molar-refractivity contribution in [1.82, 2.24) is 5.32 Å². The molecule has 1 amide bonds. The van der Waals surface area contributed by atoms with Crippen LogP contribution in [0.2, 0.25) is 0 Å². The highest BCUT2D eigenvalue weighted by atomic mass is 19.1. The molecule has 1 aromatic carbocycles. The topological polar surface area (TPSA) is 58.6 Å². The van der Waals surface area contributed by atoms with Gasteiger partial charge in [-0.2, -0.15) is 0 Å². The van der Waals surface area contributed by atoms with Crippen LogP contribution in [0.4, 0.5) is 4.39 Å². The lowest BCUT2D eigenvalue weighted by Gasteiger charge is -2.07. The van der Waals surface area contributed by atoms with E-state index in [-0.39, 0.29) is 12.2 Å². The van der Waals surface area contributed by atoms with Crippen molar-refractivity contribution in [2.45, 2.75) is 6.42 Å². The van der Waals surface area contributed by atoms with Gasteiger partial charge >= 0.3 is 0 Å². The maximum atomic E-state index is 13.2. The molecule has 0 aliphatic rings. The Morgan fingerprint density at radius 1 is 1.53 bits per heavy atom. The van der Waals surface area contributed by atoms with E-state index in [0.29, 0.717) is 25.1 Å². The Labute approximate surface area is 111 Å². The normalized spacial score (nSPS) is 9.63. The minimum Gasteiger partial charge on any atom is -0.385 e. The van der Waals surface area contributed by atoms with Crippen LogP contribution < -0.4 is 5.32 Å². The van der Waals surface area contributed by atoms with Gasteiger partial charge in [-0.25, -0.2) is 4.39 Å².